The highest BCUT2D eigenvalue weighted by molar-refractivity contribution is 5.79. The molecule has 1 aliphatic rings. The van der Waals surface area contributed by atoms with Crippen molar-refractivity contribution in [2.24, 2.45) is 11.8 Å². The molecule has 4 nitrogen and oxygen atoms in total. The standard InChI is InChI=1S/C10H19NO3/c1-7-6-14-4-3-9(7)10(13)11-5-8(2)12/h7-9,12H,3-6H2,1-2H3,(H,11,13)/t7?,8-,9?/m0/s1. The average molecular weight is 201 g/mol. The number of ether oxygens (including phenoxy) is 1. The van der Waals surface area contributed by atoms with Gasteiger partial charge in [0, 0.05) is 25.7 Å². The first kappa shape index (κ1) is 11.5. The number of carbonyl (C=O) groups is 1. The fourth-order valence-electron chi connectivity index (χ4n) is 1.65. The van der Waals surface area contributed by atoms with Crippen LogP contribution in [0.5, 0.6) is 0 Å². The SMILES string of the molecule is CC1COCCC1C(=O)NC[C@H](C)O. The second-order valence-corrected chi connectivity index (χ2v) is 4.04. The van der Waals surface area contributed by atoms with Gasteiger partial charge in [-0.15, -0.1) is 0 Å². The topological polar surface area (TPSA) is 58.6 Å². The maximum absolute atomic E-state index is 11.6. The molecule has 1 fully saturated rings. The summed E-state index contributed by atoms with van der Waals surface area (Å²) in [7, 11) is 0. The lowest BCUT2D eigenvalue weighted by Gasteiger charge is -2.27. The Balaban J connectivity index is 2.34. The van der Waals surface area contributed by atoms with Gasteiger partial charge in [-0.1, -0.05) is 6.92 Å². The van der Waals surface area contributed by atoms with Crippen molar-refractivity contribution >= 4 is 5.91 Å². The zero-order chi connectivity index (χ0) is 10.6. The fraction of sp³-hybridized carbons (Fsp3) is 0.900. The molecule has 0 bridgehead atoms. The fourth-order valence-corrected chi connectivity index (χ4v) is 1.65. The minimum Gasteiger partial charge on any atom is -0.392 e. The van der Waals surface area contributed by atoms with Gasteiger partial charge in [-0.05, 0) is 19.3 Å². The van der Waals surface area contributed by atoms with E-state index < -0.39 is 6.10 Å². The van der Waals surface area contributed by atoms with Crippen molar-refractivity contribution in [2.75, 3.05) is 19.8 Å². The van der Waals surface area contributed by atoms with Crippen molar-refractivity contribution in [3.8, 4) is 0 Å². The molecular weight excluding hydrogens is 182 g/mol. The minimum absolute atomic E-state index is 0.0432. The largest absolute Gasteiger partial charge is 0.392 e. The second kappa shape index (κ2) is 5.32. The summed E-state index contributed by atoms with van der Waals surface area (Å²) in [5, 5.41) is 11.8. The molecule has 14 heavy (non-hydrogen) atoms. The van der Waals surface area contributed by atoms with Crippen LogP contribution in [0.15, 0.2) is 0 Å². The molecule has 0 aliphatic carbocycles. The van der Waals surface area contributed by atoms with Gasteiger partial charge in [-0.2, -0.15) is 0 Å². The number of nitrogens with one attached hydrogen (secondary N) is 1. The third-order valence-corrected chi connectivity index (χ3v) is 2.55. The van der Waals surface area contributed by atoms with Crippen LogP contribution >= 0.6 is 0 Å². The van der Waals surface area contributed by atoms with Crippen LogP contribution in [0.3, 0.4) is 0 Å². The van der Waals surface area contributed by atoms with Gasteiger partial charge in [0.15, 0.2) is 0 Å². The first-order valence-corrected chi connectivity index (χ1v) is 5.14. The summed E-state index contributed by atoms with van der Waals surface area (Å²) in [6, 6.07) is 0. The van der Waals surface area contributed by atoms with E-state index in [-0.39, 0.29) is 17.7 Å². The molecule has 2 N–H and O–H groups in total. The molecule has 0 radical (unpaired) electrons. The predicted octanol–water partition coefficient (Wildman–Crippen LogP) is 0.156. The highest BCUT2D eigenvalue weighted by Gasteiger charge is 2.28. The summed E-state index contributed by atoms with van der Waals surface area (Å²) >= 11 is 0. The van der Waals surface area contributed by atoms with Crippen molar-refractivity contribution in [1.29, 1.82) is 0 Å². The summed E-state index contributed by atoms with van der Waals surface area (Å²) in [6.07, 6.45) is 0.307. The molecule has 1 rings (SSSR count). The summed E-state index contributed by atoms with van der Waals surface area (Å²) in [5.41, 5.74) is 0. The van der Waals surface area contributed by atoms with Gasteiger partial charge in [0.25, 0.3) is 0 Å². The van der Waals surface area contributed by atoms with E-state index in [1.165, 1.54) is 0 Å². The van der Waals surface area contributed by atoms with Crippen LogP contribution in [0.4, 0.5) is 0 Å². The third-order valence-electron chi connectivity index (χ3n) is 2.55. The Morgan fingerprint density at radius 3 is 3.00 bits per heavy atom. The van der Waals surface area contributed by atoms with Crippen molar-refractivity contribution in [3.05, 3.63) is 0 Å². The van der Waals surface area contributed by atoms with Crippen LogP contribution in [0.1, 0.15) is 20.3 Å². The monoisotopic (exact) mass is 201 g/mol. The van der Waals surface area contributed by atoms with Gasteiger partial charge >= 0.3 is 0 Å². The quantitative estimate of drug-likeness (QED) is 0.683. The van der Waals surface area contributed by atoms with Crippen LogP contribution in [-0.4, -0.2) is 36.9 Å². The van der Waals surface area contributed by atoms with Crippen LogP contribution in [0.2, 0.25) is 0 Å². The lowest BCUT2D eigenvalue weighted by Crippen LogP contribution is -2.41. The average Bonchev–Trinajstić information content (AvgIpc) is 2.15. The molecule has 2 unspecified atom stereocenters. The molecule has 0 spiro atoms. The van der Waals surface area contributed by atoms with Crippen LogP contribution in [0, 0.1) is 11.8 Å². The molecule has 0 aromatic carbocycles. The van der Waals surface area contributed by atoms with Crippen LogP contribution in [0.25, 0.3) is 0 Å². The Morgan fingerprint density at radius 1 is 1.71 bits per heavy atom. The van der Waals surface area contributed by atoms with Gasteiger partial charge in [0.1, 0.15) is 0 Å². The number of hydrogen-bond acceptors (Lipinski definition) is 3. The second-order valence-electron chi connectivity index (χ2n) is 4.04. The zero-order valence-electron chi connectivity index (χ0n) is 8.82. The molecule has 1 saturated heterocycles. The van der Waals surface area contributed by atoms with E-state index in [1.54, 1.807) is 6.92 Å². The molecule has 0 aromatic heterocycles. The van der Waals surface area contributed by atoms with Gasteiger partial charge in [-0.3, -0.25) is 4.79 Å². The third kappa shape index (κ3) is 3.27. The number of rotatable bonds is 3. The molecule has 0 aromatic rings. The molecule has 1 aliphatic heterocycles. The van der Waals surface area contributed by atoms with Crippen molar-refractivity contribution in [3.63, 3.8) is 0 Å². The summed E-state index contributed by atoms with van der Waals surface area (Å²) in [6.45, 7) is 5.34. The smallest absolute Gasteiger partial charge is 0.223 e. The molecule has 3 atom stereocenters. The number of carbonyl (C=O) groups excluding carboxylic acids is 1. The summed E-state index contributed by atoms with van der Waals surface area (Å²) in [4.78, 5) is 11.6. The van der Waals surface area contributed by atoms with Gasteiger partial charge in [0.2, 0.25) is 5.91 Å². The van der Waals surface area contributed by atoms with E-state index >= 15 is 0 Å². The first-order chi connectivity index (χ1) is 6.61. The first-order valence-electron chi connectivity index (χ1n) is 5.14. The molecular formula is C10H19NO3. The Kier molecular flexibility index (Phi) is 4.35. The van der Waals surface area contributed by atoms with Gasteiger partial charge < -0.3 is 15.2 Å². The predicted molar refractivity (Wildman–Crippen MR) is 52.8 cm³/mol. The van der Waals surface area contributed by atoms with E-state index in [4.69, 9.17) is 9.84 Å². The molecule has 82 valence electrons. The van der Waals surface area contributed by atoms with Crippen molar-refractivity contribution < 1.29 is 14.6 Å². The van der Waals surface area contributed by atoms with E-state index in [9.17, 15) is 4.79 Å². The Morgan fingerprint density at radius 2 is 2.43 bits per heavy atom. The van der Waals surface area contributed by atoms with Crippen LogP contribution in [-0.2, 0) is 9.53 Å². The lowest BCUT2D eigenvalue weighted by atomic mass is 9.89. The highest BCUT2D eigenvalue weighted by Crippen LogP contribution is 2.21. The normalized spacial score (nSPS) is 29.6. The van der Waals surface area contributed by atoms with Crippen molar-refractivity contribution in [2.45, 2.75) is 26.4 Å². The number of amides is 1. The minimum atomic E-state index is -0.478. The number of hydrogen-bond donors (Lipinski definition) is 2. The van der Waals surface area contributed by atoms with Gasteiger partial charge in [0.05, 0.1) is 6.10 Å². The zero-order valence-corrected chi connectivity index (χ0v) is 8.82. The van der Waals surface area contributed by atoms with E-state index in [0.717, 1.165) is 6.42 Å². The van der Waals surface area contributed by atoms with Crippen molar-refractivity contribution in [1.82, 2.24) is 5.32 Å². The van der Waals surface area contributed by atoms with Gasteiger partial charge in [-0.25, -0.2) is 0 Å². The van der Waals surface area contributed by atoms with Crippen LogP contribution < -0.4 is 5.32 Å². The Bertz CT molecular complexity index is 194. The maximum atomic E-state index is 11.6. The van der Waals surface area contributed by atoms with E-state index in [0.29, 0.717) is 19.8 Å². The lowest BCUT2D eigenvalue weighted by molar-refractivity contribution is -0.131. The Labute approximate surface area is 84.6 Å². The van der Waals surface area contributed by atoms with E-state index in [1.807, 2.05) is 6.92 Å². The molecule has 1 amide bonds. The van der Waals surface area contributed by atoms with E-state index in [2.05, 4.69) is 5.32 Å². The molecule has 0 saturated carbocycles. The summed E-state index contributed by atoms with van der Waals surface area (Å²) < 4.78 is 5.26. The Hall–Kier alpha value is -0.610. The molecule has 4 heteroatoms. The number of aliphatic hydroxyl groups excluding tert-OH is 1. The molecule has 1 heterocycles. The highest BCUT2D eigenvalue weighted by atomic mass is 16.5. The maximum Gasteiger partial charge on any atom is 0.223 e. The summed E-state index contributed by atoms with van der Waals surface area (Å²) in [5.74, 6) is 0.363. The number of aliphatic hydroxyl groups is 1.